The molecule has 0 radical (unpaired) electrons. The molecule has 1 atom stereocenters. The molecule has 0 saturated heterocycles. The number of fused-ring (bicyclic) bond motifs is 1. The van der Waals surface area contributed by atoms with Gasteiger partial charge in [-0.3, -0.25) is 0 Å². The third-order valence-corrected chi connectivity index (χ3v) is 5.21. The van der Waals surface area contributed by atoms with Gasteiger partial charge >= 0.3 is 0 Å². The molecule has 0 spiro atoms. The van der Waals surface area contributed by atoms with E-state index in [-0.39, 0.29) is 10.4 Å². The lowest BCUT2D eigenvalue weighted by Gasteiger charge is -2.09. The fourth-order valence-electron chi connectivity index (χ4n) is 2.20. The molecule has 0 aliphatic rings. The second-order valence-corrected chi connectivity index (χ2v) is 8.24. The summed E-state index contributed by atoms with van der Waals surface area (Å²) in [7, 11) is 0. The Hall–Kier alpha value is -0.620. The molecule has 0 fully saturated rings. The molecule has 2 heterocycles. The lowest BCUT2D eigenvalue weighted by atomic mass is 10.3. The predicted molar refractivity (Wildman–Crippen MR) is 90.1 cm³/mol. The van der Waals surface area contributed by atoms with E-state index < -0.39 is 5.82 Å². The first-order valence-electron chi connectivity index (χ1n) is 6.19. The van der Waals surface area contributed by atoms with E-state index in [4.69, 9.17) is 23.2 Å². The van der Waals surface area contributed by atoms with Gasteiger partial charge in [-0.15, -0.1) is 22.9 Å². The number of hydrogen-bond donors (Lipinski definition) is 0. The van der Waals surface area contributed by atoms with E-state index in [1.807, 2.05) is 23.6 Å². The van der Waals surface area contributed by atoms with Crippen molar-refractivity contribution in [2.45, 2.75) is 18.8 Å². The van der Waals surface area contributed by atoms with Crippen LogP contribution in [0.1, 0.15) is 23.0 Å². The summed E-state index contributed by atoms with van der Waals surface area (Å²) in [5.74, 6) is 0.254. The van der Waals surface area contributed by atoms with E-state index in [0.717, 1.165) is 8.66 Å². The maximum Gasteiger partial charge on any atom is 0.144 e. The highest BCUT2D eigenvalue weighted by Gasteiger charge is 2.17. The molecule has 1 aromatic carbocycles. The van der Waals surface area contributed by atoms with Crippen LogP contribution in [0.4, 0.5) is 4.39 Å². The number of aromatic nitrogens is 2. The molecule has 3 aromatic rings. The summed E-state index contributed by atoms with van der Waals surface area (Å²) in [5.41, 5.74) is 1.35. The molecule has 0 aliphatic carbocycles. The molecular weight excluding hydrogens is 398 g/mol. The normalized spacial score (nSPS) is 13.0. The zero-order valence-electron chi connectivity index (χ0n) is 10.9. The van der Waals surface area contributed by atoms with Gasteiger partial charge in [0, 0.05) is 10.9 Å². The van der Waals surface area contributed by atoms with Crippen LogP contribution >= 0.6 is 50.5 Å². The number of rotatable bonds is 3. The smallest absolute Gasteiger partial charge is 0.144 e. The minimum Gasteiger partial charge on any atom is -0.321 e. The van der Waals surface area contributed by atoms with Crippen molar-refractivity contribution >= 4 is 61.5 Å². The summed E-state index contributed by atoms with van der Waals surface area (Å²) in [6, 6.07) is 6.96. The number of hydrogen-bond acceptors (Lipinski definition) is 2. The Bertz CT molecular complexity index is 813. The lowest BCUT2D eigenvalue weighted by Crippen LogP contribution is -2.04. The number of thiophene rings is 1. The van der Waals surface area contributed by atoms with Crippen LogP contribution in [0.2, 0.25) is 5.02 Å². The monoisotopic (exact) mass is 406 g/mol. The van der Waals surface area contributed by atoms with E-state index in [0.29, 0.717) is 23.4 Å². The van der Waals surface area contributed by atoms with E-state index in [9.17, 15) is 4.39 Å². The summed E-state index contributed by atoms with van der Waals surface area (Å²) in [4.78, 5) is 5.62. The summed E-state index contributed by atoms with van der Waals surface area (Å²) >= 11 is 17.1. The molecule has 0 amide bonds. The number of imidazole rings is 1. The van der Waals surface area contributed by atoms with Crippen molar-refractivity contribution in [3.05, 3.63) is 49.6 Å². The van der Waals surface area contributed by atoms with E-state index >= 15 is 0 Å². The van der Waals surface area contributed by atoms with Gasteiger partial charge in [0.25, 0.3) is 0 Å². The van der Waals surface area contributed by atoms with E-state index in [1.165, 1.54) is 12.1 Å². The topological polar surface area (TPSA) is 17.8 Å². The first-order valence-corrected chi connectivity index (χ1v) is 8.61. The second-order valence-electron chi connectivity index (χ2n) is 4.63. The molecule has 7 heteroatoms. The molecule has 0 N–H and O–H groups in total. The average Bonchev–Trinajstić information content (AvgIpc) is 2.96. The molecule has 0 saturated carbocycles. The largest absolute Gasteiger partial charge is 0.321 e. The van der Waals surface area contributed by atoms with E-state index in [1.54, 1.807) is 11.3 Å². The van der Waals surface area contributed by atoms with Crippen LogP contribution in [0.25, 0.3) is 11.0 Å². The Morgan fingerprint density at radius 2 is 2.19 bits per heavy atom. The molecule has 110 valence electrons. The molecule has 3 rings (SSSR count). The highest BCUT2D eigenvalue weighted by molar-refractivity contribution is 9.11. The number of alkyl halides is 1. The number of nitrogens with zero attached hydrogens (tertiary/aromatic N) is 2. The highest BCUT2D eigenvalue weighted by Crippen LogP contribution is 2.30. The van der Waals surface area contributed by atoms with Crippen LogP contribution in [0, 0.1) is 5.82 Å². The molecule has 0 bridgehead atoms. The summed E-state index contributed by atoms with van der Waals surface area (Å²) in [6.45, 7) is 2.45. The fourth-order valence-corrected chi connectivity index (χ4v) is 4.00. The van der Waals surface area contributed by atoms with Crippen molar-refractivity contribution in [1.82, 2.24) is 9.55 Å². The summed E-state index contributed by atoms with van der Waals surface area (Å²) < 4.78 is 16.8. The van der Waals surface area contributed by atoms with Crippen LogP contribution in [0.3, 0.4) is 0 Å². The Kier molecular flexibility index (Phi) is 4.28. The minimum atomic E-state index is -0.452. The molecule has 2 nitrogen and oxygen atoms in total. The van der Waals surface area contributed by atoms with Crippen molar-refractivity contribution in [3.63, 3.8) is 0 Å². The fraction of sp³-hybridized carbons (Fsp3) is 0.214. The first-order chi connectivity index (χ1) is 9.95. The van der Waals surface area contributed by atoms with Crippen LogP contribution in [-0.4, -0.2) is 9.55 Å². The van der Waals surface area contributed by atoms with Crippen LogP contribution in [0.15, 0.2) is 28.1 Å². The molecular formula is C14H10BrCl2FN2S. The van der Waals surface area contributed by atoms with Gasteiger partial charge in [0.15, 0.2) is 0 Å². The number of benzene rings is 1. The zero-order chi connectivity index (χ0) is 15.1. The van der Waals surface area contributed by atoms with Crippen molar-refractivity contribution < 1.29 is 4.39 Å². The minimum absolute atomic E-state index is 0.0693. The van der Waals surface area contributed by atoms with Crippen molar-refractivity contribution in [3.8, 4) is 0 Å². The van der Waals surface area contributed by atoms with Gasteiger partial charge in [0.2, 0.25) is 0 Å². The quantitative estimate of drug-likeness (QED) is 0.486. The Balaban J connectivity index is 2.17. The maximum atomic E-state index is 13.8. The third kappa shape index (κ3) is 2.97. The van der Waals surface area contributed by atoms with Gasteiger partial charge in [0.05, 0.1) is 31.8 Å². The Labute approximate surface area is 143 Å². The molecule has 21 heavy (non-hydrogen) atoms. The van der Waals surface area contributed by atoms with Crippen molar-refractivity contribution in [2.75, 3.05) is 0 Å². The average molecular weight is 408 g/mol. The highest BCUT2D eigenvalue weighted by atomic mass is 79.9. The van der Waals surface area contributed by atoms with Crippen molar-refractivity contribution in [1.29, 1.82) is 0 Å². The second kappa shape index (κ2) is 5.88. The van der Waals surface area contributed by atoms with Gasteiger partial charge in [-0.25, -0.2) is 9.37 Å². The SMILES string of the molecule is CC(Cl)c1nc2cc(Cl)c(F)cc2n1Cc1ccc(Br)s1. The summed E-state index contributed by atoms with van der Waals surface area (Å²) in [6.07, 6.45) is 0. The van der Waals surface area contributed by atoms with Gasteiger partial charge < -0.3 is 4.57 Å². The third-order valence-electron chi connectivity index (χ3n) is 3.12. The van der Waals surface area contributed by atoms with Gasteiger partial charge in [0.1, 0.15) is 11.6 Å². The van der Waals surface area contributed by atoms with Gasteiger partial charge in [-0.1, -0.05) is 11.6 Å². The first kappa shape index (κ1) is 15.3. The van der Waals surface area contributed by atoms with Crippen LogP contribution in [0.5, 0.6) is 0 Å². The Morgan fingerprint density at radius 3 is 2.81 bits per heavy atom. The zero-order valence-corrected chi connectivity index (χ0v) is 14.8. The van der Waals surface area contributed by atoms with Gasteiger partial charge in [-0.2, -0.15) is 0 Å². The van der Waals surface area contributed by atoms with E-state index in [2.05, 4.69) is 20.9 Å². The summed E-state index contributed by atoms with van der Waals surface area (Å²) in [5, 5.41) is -0.206. The Morgan fingerprint density at radius 1 is 1.43 bits per heavy atom. The standard InChI is InChI=1S/C14H10BrCl2FN2S/c1-7(16)14-19-11-4-9(17)10(18)5-12(11)20(14)6-8-2-3-13(15)21-8/h2-5,7H,6H2,1H3. The van der Waals surface area contributed by atoms with Crippen LogP contribution < -0.4 is 0 Å². The van der Waals surface area contributed by atoms with Gasteiger partial charge in [-0.05, 0) is 41.1 Å². The lowest BCUT2D eigenvalue weighted by molar-refractivity contribution is 0.628. The molecule has 0 aliphatic heterocycles. The maximum absolute atomic E-state index is 13.8. The number of halogens is 4. The predicted octanol–water partition coefficient (Wildman–Crippen LogP) is 6.00. The van der Waals surface area contributed by atoms with Crippen molar-refractivity contribution in [2.24, 2.45) is 0 Å². The molecule has 2 aromatic heterocycles. The molecule has 1 unspecified atom stereocenters. The van der Waals surface area contributed by atoms with Crippen LogP contribution in [-0.2, 0) is 6.54 Å².